The fourth-order valence-corrected chi connectivity index (χ4v) is 4.93. The van der Waals surface area contributed by atoms with Crippen molar-refractivity contribution in [3.05, 3.63) is 95.1 Å². The number of anilines is 2. The van der Waals surface area contributed by atoms with Gasteiger partial charge in [0.05, 0.1) is 23.9 Å². The number of carbonyl (C=O) groups is 2. The van der Waals surface area contributed by atoms with Gasteiger partial charge < -0.3 is 14.7 Å². The van der Waals surface area contributed by atoms with Crippen LogP contribution < -0.4 is 14.5 Å². The fraction of sp³-hybridized carbons (Fsp3) is 0.312. The van der Waals surface area contributed by atoms with E-state index in [0.717, 1.165) is 61.1 Å². The maximum absolute atomic E-state index is 14.9. The van der Waals surface area contributed by atoms with Gasteiger partial charge >= 0.3 is 0 Å². The van der Waals surface area contributed by atoms with Gasteiger partial charge in [0.15, 0.2) is 0 Å². The van der Waals surface area contributed by atoms with Gasteiger partial charge in [-0.3, -0.25) is 14.5 Å². The molecule has 0 saturated carbocycles. The van der Waals surface area contributed by atoms with E-state index in [-0.39, 0.29) is 11.3 Å². The molecule has 3 aromatic carbocycles. The number of nitrogens with zero attached hydrogens (tertiary/aromatic N) is 2. The van der Waals surface area contributed by atoms with Crippen LogP contribution in [0, 0.1) is 11.6 Å². The second-order valence-electron chi connectivity index (χ2n) is 9.61. The van der Waals surface area contributed by atoms with Crippen LogP contribution in [0.1, 0.15) is 57.2 Å². The second-order valence-corrected chi connectivity index (χ2v) is 9.61. The van der Waals surface area contributed by atoms with Crippen molar-refractivity contribution in [2.45, 2.75) is 46.1 Å². The molecule has 210 valence electrons. The van der Waals surface area contributed by atoms with Crippen LogP contribution in [0.15, 0.2) is 72.3 Å². The maximum atomic E-state index is 14.9. The number of amides is 1. The van der Waals surface area contributed by atoms with Crippen LogP contribution >= 0.6 is 0 Å². The molecule has 6 nitrogen and oxygen atoms in total. The van der Waals surface area contributed by atoms with Gasteiger partial charge in [0.2, 0.25) is 0 Å². The molecule has 1 saturated heterocycles. The Morgan fingerprint density at radius 3 is 2.23 bits per heavy atom. The summed E-state index contributed by atoms with van der Waals surface area (Å²) in [6, 6.07) is 15.2. The van der Waals surface area contributed by atoms with Crippen LogP contribution in [0.3, 0.4) is 0 Å². The topological polar surface area (TPSA) is 70.1 Å². The molecule has 0 spiro atoms. The van der Waals surface area contributed by atoms with Crippen molar-refractivity contribution in [3.8, 4) is 5.75 Å². The number of ketones is 1. The summed E-state index contributed by atoms with van der Waals surface area (Å²) in [6.45, 7) is 8.28. The minimum atomic E-state index is -1.17. The van der Waals surface area contributed by atoms with E-state index in [4.69, 9.17) is 4.74 Å². The van der Waals surface area contributed by atoms with Crippen LogP contribution in [-0.4, -0.2) is 36.5 Å². The summed E-state index contributed by atoms with van der Waals surface area (Å²) < 4.78 is 34.9. The Bertz CT molecular complexity index is 1380. The lowest BCUT2D eigenvalue weighted by Crippen LogP contribution is -2.30. The van der Waals surface area contributed by atoms with E-state index in [1.165, 1.54) is 0 Å². The number of hydrogen-bond acceptors (Lipinski definition) is 5. The van der Waals surface area contributed by atoms with E-state index in [1.54, 1.807) is 36.4 Å². The standard InChI is InChI=1S/C32H34F2N2O4/c1-4-7-8-19-40-25-16-11-22(12-17-25)30(37)28-29(21-9-14-24(15-10-21)35(5-2)6-3)36(32(39)31(28)38)27-20-23(33)13-18-26(27)34/h9-18,20,29,37H,4-8,19H2,1-3H3/b30-28+. The highest BCUT2D eigenvalue weighted by Crippen LogP contribution is 2.43. The zero-order valence-electron chi connectivity index (χ0n) is 23.0. The van der Waals surface area contributed by atoms with Gasteiger partial charge in [0, 0.05) is 30.4 Å². The second kappa shape index (κ2) is 12.8. The van der Waals surface area contributed by atoms with E-state index in [9.17, 15) is 23.5 Å². The summed E-state index contributed by atoms with van der Waals surface area (Å²) in [5.41, 5.74) is 1.10. The molecule has 3 aromatic rings. The van der Waals surface area contributed by atoms with Gasteiger partial charge in [-0.25, -0.2) is 8.78 Å². The van der Waals surface area contributed by atoms with Crippen molar-refractivity contribution >= 4 is 28.8 Å². The Balaban J connectivity index is 1.79. The van der Waals surface area contributed by atoms with Gasteiger partial charge in [0.1, 0.15) is 23.1 Å². The summed E-state index contributed by atoms with van der Waals surface area (Å²) in [5.74, 6) is -3.47. The third-order valence-corrected chi connectivity index (χ3v) is 7.09. The molecule has 1 aliphatic rings. The molecule has 4 rings (SSSR count). The number of ether oxygens (including phenoxy) is 1. The Morgan fingerprint density at radius 2 is 1.60 bits per heavy atom. The molecule has 0 bridgehead atoms. The van der Waals surface area contributed by atoms with Crippen molar-refractivity contribution in [1.82, 2.24) is 0 Å². The van der Waals surface area contributed by atoms with E-state index in [0.29, 0.717) is 23.5 Å². The lowest BCUT2D eigenvalue weighted by molar-refractivity contribution is -0.132. The smallest absolute Gasteiger partial charge is 0.300 e. The minimum absolute atomic E-state index is 0.208. The molecular formula is C32H34F2N2O4. The predicted octanol–water partition coefficient (Wildman–Crippen LogP) is 7.01. The summed E-state index contributed by atoms with van der Waals surface area (Å²) >= 11 is 0. The molecule has 1 unspecified atom stereocenters. The Hall–Kier alpha value is -4.20. The molecule has 1 heterocycles. The van der Waals surface area contributed by atoms with Crippen LogP contribution in [0.25, 0.3) is 5.76 Å². The molecule has 1 aliphatic heterocycles. The molecule has 40 heavy (non-hydrogen) atoms. The van der Waals surface area contributed by atoms with Crippen LogP contribution in [0.5, 0.6) is 5.75 Å². The van der Waals surface area contributed by atoms with Crippen LogP contribution in [0.2, 0.25) is 0 Å². The number of carbonyl (C=O) groups excluding carboxylic acids is 2. The number of hydrogen-bond donors (Lipinski definition) is 1. The fourth-order valence-electron chi connectivity index (χ4n) is 4.93. The average molecular weight is 549 g/mol. The van der Waals surface area contributed by atoms with E-state index >= 15 is 0 Å². The molecule has 0 aliphatic carbocycles. The Morgan fingerprint density at radius 1 is 0.925 bits per heavy atom. The quantitative estimate of drug-likeness (QED) is 0.121. The highest BCUT2D eigenvalue weighted by Gasteiger charge is 2.47. The van der Waals surface area contributed by atoms with Crippen molar-refractivity contribution < 1.29 is 28.2 Å². The highest BCUT2D eigenvalue weighted by atomic mass is 19.1. The van der Waals surface area contributed by atoms with Gasteiger partial charge in [0.25, 0.3) is 11.7 Å². The third kappa shape index (κ3) is 5.86. The minimum Gasteiger partial charge on any atom is -0.507 e. The van der Waals surface area contributed by atoms with Gasteiger partial charge in [-0.1, -0.05) is 31.9 Å². The molecule has 1 fully saturated rings. The molecule has 1 atom stereocenters. The van der Waals surface area contributed by atoms with Gasteiger partial charge in [-0.2, -0.15) is 0 Å². The van der Waals surface area contributed by atoms with Crippen LogP contribution in [0.4, 0.5) is 20.2 Å². The van der Waals surface area contributed by atoms with E-state index < -0.39 is 35.1 Å². The average Bonchev–Trinajstić information content (AvgIpc) is 3.23. The molecule has 0 aromatic heterocycles. The zero-order valence-corrected chi connectivity index (χ0v) is 23.0. The summed E-state index contributed by atoms with van der Waals surface area (Å²) in [4.78, 5) is 29.7. The number of aliphatic hydroxyl groups is 1. The third-order valence-electron chi connectivity index (χ3n) is 7.09. The predicted molar refractivity (Wildman–Crippen MR) is 153 cm³/mol. The first-order valence-electron chi connectivity index (χ1n) is 13.6. The number of aliphatic hydroxyl groups excluding tert-OH is 1. The molecule has 0 radical (unpaired) electrons. The SMILES string of the molecule is CCCCCOc1ccc(/C(O)=C2\C(=O)C(=O)N(c3cc(F)ccc3F)C2c2ccc(N(CC)CC)cc2)cc1. The zero-order chi connectivity index (χ0) is 28.8. The molecular weight excluding hydrogens is 514 g/mol. The van der Waals surface area contributed by atoms with Gasteiger partial charge in [-0.05, 0) is 74.4 Å². The van der Waals surface area contributed by atoms with Crippen molar-refractivity contribution in [2.24, 2.45) is 0 Å². The number of halogens is 2. The lowest BCUT2D eigenvalue weighted by Gasteiger charge is -2.27. The number of rotatable bonds is 11. The maximum Gasteiger partial charge on any atom is 0.300 e. The molecule has 1 amide bonds. The van der Waals surface area contributed by atoms with Crippen molar-refractivity contribution in [3.63, 3.8) is 0 Å². The first kappa shape index (κ1) is 28.8. The summed E-state index contributed by atoms with van der Waals surface area (Å²) in [6.07, 6.45) is 3.05. The van der Waals surface area contributed by atoms with E-state index in [1.807, 2.05) is 26.0 Å². The Labute approximate surface area is 233 Å². The monoisotopic (exact) mass is 548 g/mol. The Kier molecular flexibility index (Phi) is 9.19. The van der Waals surface area contributed by atoms with Crippen molar-refractivity contribution in [2.75, 3.05) is 29.5 Å². The normalized spacial score (nSPS) is 16.4. The first-order chi connectivity index (χ1) is 19.3. The number of benzene rings is 3. The van der Waals surface area contributed by atoms with E-state index in [2.05, 4.69) is 11.8 Å². The largest absolute Gasteiger partial charge is 0.507 e. The number of Topliss-reactive ketones (excluding diaryl/α,β-unsaturated/α-hetero) is 1. The lowest BCUT2D eigenvalue weighted by atomic mass is 9.94. The summed E-state index contributed by atoms with van der Waals surface area (Å²) in [5, 5.41) is 11.3. The summed E-state index contributed by atoms with van der Waals surface area (Å²) in [7, 11) is 0. The van der Waals surface area contributed by atoms with Gasteiger partial charge in [-0.15, -0.1) is 0 Å². The molecule has 8 heteroatoms. The number of unbranched alkanes of at least 4 members (excludes halogenated alkanes) is 2. The highest BCUT2D eigenvalue weighted by molar-refractivity contribution is 6.51. The molecule has 1 N–H and O–H groups in total. The van der Waals surface area contributed by atoms with Crippen LogP contribution in [-0.2, 0) is 9.59 Å². The first-order valence-corrected chi connectivity index (χ1v) is 13.6. The van der Waals surface area contributed by atoms with Crippen molar-refractivity contribution in [1.29, 1.82) is 0 Å².